The summed E-state index contributed by atoms with van der Waals surface area (Å²) in [6, 6.07) is 13.5. The molecule has 0 radical (unpaired) electrons. The second kappa shape index (κ2) is 9.84. The van der Waals surface area contributed by atoms with Crippen LogP contribution in [-0.2, 0) is 0 Å². The van der Waals surface area contributed by atoms with Crippen LogP contribution in [0.15, 0.2) is 48.5 Å². The second-order valence-electron chi connectivity index (χ2n) is 7.17. The van der Waals surface area contributed by atoms with Gasteiger partial charge < -0.3 is 14.8 Å². The van der Waals surface area contributed by atoms with Gasteiger partial charge >= 0.3 is 6.18 Å². The Morgan fingerprint density at radius 1 is 1.03 bits per heavy atom. The summed E-state index contributed by atoms with van der Waals surface area (Å²) in [5.41, 5.74) is 1.46. The molecule has 1 atom stereocenters. The summed E-state index contributed by atoms with van der Waals surface area (Å²) in [6.07, 6.45) is -2.15. The van der Waals surface area contributed by atoms with Crippen LogP contribution in [0.1, 0.15) is 34.8 Å². The third-order valence-corrected chi connectivity index (χ3v) is 5.06. The Morgan fingerprint density at radius 3 is 2.20 bits per heavy atom. The number of ether oxygens (including phenoxy) is 2. The SMILES string of the molecule is COc1ccc(C(CNC(=O)c2ccc(OCC(F)(F)F)cc2)N2CCCC2)cc1. The Hall–Kier alpha value is -2.74. The third kappa shape index (κ3) is 6.13. The Morgan fingerprint density at radius 2 is 1.63 bits per heavy atom. The number of alkyl halides is 3. The molecule has 1 heterocycles. The predicted molar refractivity (Wildman–Crippen MR) is 107 cm³/mol. The Labute approximate surface area is 173 Å². The van der Waals surface area contributed by atoms with Crippen molar-refractivity contribution in [3.63, 3.8) is 0 Å². The molecule has 1 N–H and O–H groups in total. The topological polar surface area (TPSA) is 50.8 Å². The number of nitrogens with zero attached hydrogens (tertiary/aromatic N) is 1. The van der Waals surface area contributed by atoms with Crippen LogP contribution < -0.4 is 14.8 Å². The first-order valence-electron chi connectivity index (χ1n) is 9.81. The molecule has 3 rings (SSSR count). The van der Waals surface area contributed by atoms with Crippen LogP contribution in [0.3, 0.4) is 0 Å². The van der Waals surface area contributed by atoms with Crippen molar-refractivity contribution >= 4 is 5.91 Å². The normalized spacial score (nSPS) is 15.6. The maximum absolute atomic E-state index is 12.6. The fraction of sp³-hybridized carbons (Fsp3) is 0.409. The van der Waals surface area contributed by atoms with Crippen LogP contribution in [0.25, 0.3) is 0 Å². The molecular formula is C22H25F3N2O3. The number of nitrogens with one attached hydrogen (secondary N) is 1. The molecule has 8 heteroatoms. The molecule has 0 aliphatic carbocycles. The number of carbonyl (C=O) groups is 1. The van der Waals surface area contributed by atoms with E-state index >= 15 is 0 Å². The summed E-state index contributed by atoms with van der Waals surface area (Å²) in [6.45, 7) is 1.00. The number of amides is 1. The fourth-order valence-corrected chi connectivity index (χ4v) is 3.50. The van der Waals surface area contributed by atoms with Crippen LogP contribution in [0.2, 0.25) is 0 Å². The molecule has 2 aromatic rings. The minimum atomic E-state index is -4.40. The van der Waals surface area contributed by atoms with Gasteiger partial charge in [0.15, 0.2) is 6.61 Å². The monoisotopic (exact) mass is 422 g/mol. The molecule has 5 nitrogen and oxygen atoms in total. The fourth-order valence-electron chi connectivity index (χ4n) is 3.50. The lowest BCUT2D eigenvalue weighted by Crippen LogP contribution is -2.36. The summed E-state index contributed by atoms with van der Waals surface area (Å²) in [7, 11) is 1.62. The van der Waals surface area contributed by atoms with E-state index in [0.29, 0.717) is 12.1 Å². The molecule has 30 heavy (non-hydrogen) atoms. The van der Waals surface area contributed by atoms with Gasteiger partial charge in [-0.05, 0) is 67.9 Å². The van der Waals surface area contributed by atoms with Crippen molar-refractivity contribution < 1.29 is 27.4 Å². The molecule has 0 bridgehead atoms. The van der Waals surface area contributed by atoms with Gasteiger partial charge in [0.05, 0.1) is 13.2 Å². The minimum Gasteiger partial charge on any atom is -0.497 e. The van der Waals surface area contributed by atoms with Crippen LogP contribution in [-0.4, -0.2) is 50.3 Å². The van der Waals surface area contributed by atoms with Gasteiger partial charge in [0, 0.05) is 12.1 Å². The zero-order valence-corrected chi connectivity index (χ0v) is 16.7. The van der Waals surface area contributed by atoms with E-state index in [2.05, 4.69) is 15.0 Å². The lowest BCUT2D eigenvalue weighted by atomic mass is 10.0. The van der Waals surface area contributed by atoms with E-state index in [4.69, 9.17) is 4.74 Å². The summed E-state index contributed by atoms with van der Waals surface area (Å²) < 4.78 is 46.6. The van der Waals surface area contributed by atoms with E-state index in [0.717, 1.165) is 37.2 Å². The first kappa shape index (κ1) is 22.0. The molecule has 2 aromatic carbocycles. The molecule has 0 saturated carbocycles. The lowest BCUT2D eigenvalue weighted by molar-refractivity contribution is -0.153. The summed E-state index contributed by atoms with van der Waals surface area (Å²) in [5.74, 6) is 0.558. The van der Waals surface area contributed by atoms with Gasteiger partial charge in [-0.2, -0.15) is 13.2 Å². The van der Waals surface area contributed by atoms with E-state index in [1.807, 2.05) is 24.3 Å². The smallest absolute Gasteiger partial charge is 0.422 e. The zero-order chi connectivity index (χ0) is 21.6. The highest BCUT2D eigenvalue weighted by Crippen LogP contribution is 2.26. The van der Waals surface area contributed by atoms with Crippen molar-refractivity contribution in [2.24, 2.45) is 0 Å². The molecule has 1 aliphatic heterocycles. The van der Waals surface area contributed by atoms with Crippen molar-refractivity contribution in [3.05, 3.63) is 59.7 Å². The maximum atomic E-state index is 12.6. The number of hydrogen-bond acceptors (Lipinski definition) is 4. The standard InChI is InChI=1S/C22H25F3N2O3/c1-29-18-8-4-16(5-9-18)20(27-12-2-3-13-27)14-26-21(28)17-6-10-19(11-7-17)30-15-22(23,24)25/h4-11,20H,2-3,12-15H2,1H3,(H,26,28). The minimum absolute atomic E-state index is 0.0387. The molecule has 1 fully saturated rings. The first-order chi connectivity index (χ1) is 14.4. The number of likely N-dealkylation sites (tertiary alicyclic amines) is 1. The molecular weight excluding hydrogens is 397 g/mol. The van der Waals surface area contributed by atoms with Crippen molar-refractivity contribution in [1.82, 2.24) is 10.2 Å². The summed E-state index contributed by atoms with van der Waals surface area (Å²) in [5, 5.41) is 2.95. The molecule has 1 amide bonds. The van der Waals surface area contributed by atoms with E-state index in [9.17, 15) is 18.0 Å². The molecule has 0 spiro atoms. The van der Waals surface area contributed by atoms with E-state index < -0.39 is 12.8 Å². The van der Waals surface area contributed by atoms with Gasteiger partial charge in [0.1, 0.15) is 11.5 Å². The molecule has 162 valence electrons. The predicted octanol–water partition coefficient (Wildman–Crippen LogP) is 4.20. The Kier molecular flexibility index (Phi) is 7.20. The molecule has 0 aromatic heterocycles. The molecule has 1 unspecified atom stereocenters. The summed E-state index contributed by atoms with van der Waals surface area (Å²) >= 11 is 0. The van der Waals surface area contributed by atoms with Crippen molar-refractivity contribution in [3.8, 4) is 11.5 Å². The average Bonchev–Trinajstić information content (AvgIpc) is 3.27. The van der Waals surface area contributed by atoms with Crippen LogP contribution in [0, 0.1) is 0 Å². The number of halogens is 3. The van der Waals surface area contributed by atoms with Crippen molar-refractivity contribution in [1.29, 1.82) is 0 Å². The number of hydrogen-bond donors (Lipinski definition) is 1. The quantitative estimate of drug-likeness (QED) is 0.693. The second-order valence-corrected chi connectivity index (χ2v) is 7.17. The Bertz CT molecular complexity index is 817. The van der Waals surface area contributed by atoms with Crippen LogP contribution in [0.4, 0.5) is 13.2 Å². The van der Waals surface area contributed by atoms with Crippen molar-refractivity contribution in [2.75, 3.05) is 33.4 Å². The number of rotatable bonds is 8. The molecule has 1 saturated heterocycles. The summed E-state index contributed by atoms with van der Waals surface area (Å²) in [4.78, 5) is 14.9. The van der Waals surface area contributed by atoms with Gasteiger partial charge in [-0.3, -0.25) is 9.69 Å². The highest BCUT2D eigenvalue weighted by Gasteiger charge is 2.28. The van der Waals surface area contributed by atoms with Crippen LogP contribution in [0.5, 0.6) is 11.5 Å². The van der Waals surface area contributed by atoms with E-state index in [-0.39, 0.29) is 17.7 Å². The van der Waals surface area contributed by atoms with E-state index in [1.54, 1.807) is 7.11 Å². The lowest BCUT2D eigenvalue weighted by Gasteiger charge is -2.28. The number of carbonyl (C=O) groups excluding carboxylic acids is 1. The molecule has 1 aliphatic rings. The van der Waals surface area contributed by atoms with Gasteiger partial charge in [-0.15, -0.1) is 0 Å². The Balaban J connectivity index is 1.62. The van der Waals surface area contributed by atoms with Gasteiger partial charge in [-0.25, -0.2) is 0 Å². The largest absolute Gasteiger partial charge is 0.497 e. The first-order valence-corrected chi connectivity index (χ1v) is 9.81. The van der Waals surface area contributed by atoms with E-state index in [1.165, 1.54) is 24.3 Å². The third-order valence-electron chi connectivity index (χ3n) is 5.06. The van der Waals surface area contributed by atoms with Gasteiger partial charge in [-0.1, -0.05) is 12.1 Å². The maximum Gasteiger partial charge on any atom is 0.422 e. The average molecular weight is 422 g/mol. The van der Waals surface area contributed by atoms with Gasteiger partial charge in [0.2, 0.25) is 0 Å². The van der Waals surface area contributed by atoms with Crippen molar-refractivity contribution in [2.45, 2.75) is 25.1 Å². The number of benzene rings is 2. The highest BCUT2D eigenvalue weighted by molar-refractivity contribution is 5.94. The number of methoxy groups -OCH3 is 1. The zero-order valence-electron chi connectivity index (χ0n) is 16.7. The highest BCUT2D eigenvalue weighted by atomic mass is 19.4. The van der Waals surface area contributed by atoms with Gasteiger partial charge in [0.25, 0.3) is 5.91 Å². The van der Waals surface area contributed by atoms with Crippen LogP contribution >= 0.6 is 0 Å².